The Morgan fingerprint density at radius 1 is 1.00 bits per heavy atom. The third-order valence-electron chi connectivity index (χ3n) is 4.93. The number of allylic oxidation sites excluding steroid dienone is 1. The van der Waals surface area contributed by atoms with E-state index in [1.54, 1.807) is 32.2 Å². The number of carbonyl (C=O) groups is 2. The van der Waals surface area contributed by atoms with Crippen LogP contribution in [0.3, 0.4) is 0 Å². The molecule has 1 aliphatic rings. The van der Waals surface area contributed by atoms with Crippen LogP contribution < -0.4 is 14.2 Å². The Morgan fingerprint density at radius 2 is 1.81 bits per heavy atom. The fourth-order valence-corrected chi connectivity index (χ4v) is 3.37. The van der Waals surface area contributed by atoms with Crippen LogP contribution in [0.5, 0.6) is 17.2 Å². The normalized spacial score (nSPS) is 13.4. The quantitative estimate of drug-likeness (QED) is 0.398. The Labute approximate surface area is 186 Å². The lowest BCUT2D eigenvalue weighted by atomic mass is 10.0. The molecule has 0 saturated carbocycles. The van der Waals surface area contributed by atoms with Gasteiger partial charge in [-0.1, -0.05) is 42.5 Å². The standard InChI is InChI=1S/C26H22O6/c1-17-11-21(30-16-24(27)31-15-18-7-4-3-5-8-18)14-22-25(17)26(28)23(32-22)13-19-9-6-10-20(12-19)29-2/h3-14H,15-16H2,1-2H3/b23-13-. The highest BCUT2D eigenvalue weighted by atomic mass is 16.6. The molecule has 0 bridgehead atoms. The van der Waals surface area contributed by atoms with Gasteiger partial charge in [-0.15, -0.1) is 0 Å². The van der Waals surface area contributed by atoms with E-state index in [-0.39, 0.29) is 24.8 Å². The second-order valence-electron chi connectivity index (χ2n) is 7.26. The predicted molar refractivity (Wildman–Crippen MR) is 119 cm³/mol. The van der Waals surface area contributed by atoms with E-state index >= 15 is 0 Å². The van der Waals surface area contributed by atoms with E-state index in [1.807, 2.05) is 54.6 Å². The van der Waals surface area contributed by atoms with Gasteiger partial charge in [-0.2, -0.15) is 0 Å². The Bertz CT molecular complexity index is 1180. The molecule has 0 unspecified atom stereocenters. The number of methoxy groups -OCH3 is 1. The van der Waals surface area contributed by atoms with Crippen LogP contribution in [0.4, 0.5) is 0 Å². The first kappa shape index (κ1) is 21.2. The molecule has 32 heavy (non-hydrogen) atoms. The average molecular weight is 430 g/mol. The van der Waals surface area contributed by atoms with Gasteiger partial charge in [-0.3, -0.25) is 4.79 Å². The first-order valence-corrected chi connectivity index (χ1v) is 10.1. The zero-order chi connectivity index (χ0) is 22.5. The van der Waals surface area contributed by atoms with Gasteiger partial charge in [0.05, 0.1) is 12.7 Å². The third-order valence-corrected chi connectivity index (χ3v) is 4.93. The summed E-state index contributed by atoms with van der Waals surface area (Å²) < 4.78 is 21.8. The van der Waals surface area contributed by atoms with Crippen LogP contribution in [-0.2, 0) is 16.1 Å². The van der Waals surface area contributed by atoms with Crippen LogP contribution in [0, 0.1) is 6.92 Å². The van der Waals surface area contributed by atoms with Crippen molar-refractivity contribution < 1.29 is 28.5 Å². The third kappa shape index (κ3) is 4.81. The van der Waals surface area contributed by atoms with Crippen molar-refractivity contribution in [2.24, 2.45) is 0 Å². The highest BCUT2D eigenvalue weighted by molar-refractivity contribution is 6.15. The Hall–Kier alpha value is -4.06. The molecular formula is C26H22O6. The molecule has 3 aromatic rings. The lowest BCUT2D eigenvalue weighted by Gasteiger charge is -2.09. The molecule has 0 fully saturated rings. The number of hydrogen-bond acceptors (Lipinski definition) is 6. The van der Waals surface area contributed by atoms with Gasteiger partial charge in [0, 0.05) is 6.07 Å². The minimum Gasteiger partial charge on any atom is -0.497 e. The van der Waals surface area contributed by atoms with Crippen LogP contribution in [-0.4, -0.2) is 25.5 Å². The van der Waals surface area contributed by atoms with Crippen molar-refractivity contribution in [3.05, 3.63) is 94.7 Å². The molecule has 6 heteroatoms. The summed E-state index contributed by atoms with van der Waals surface area (Å²) in [5, 5.41) is 0. The fraction of sp³-hybridized carbons (Fsp3) is 0.154. The van der Waals surface area contributed by atoms with Gasteiger partial charge in [-0.25, -0.2) is 4.79 Å². The SMILES string of the molecule is COc1cccc(/C=C2\Oc3cc(OCC(=O)OCc4ccccc4)cc(C)c3C2=O)c1. The summed E-state index contributed by atoms with van der Waals surface area (Å²) in [5.74, 6) is 1.05. The summed E-state index contributed by atoms with van der Waals surface area (Å²) in [6.45, 7) is 1.74. The number of fused-ring (bicyclic) bond motifs is 1. The molecule has 0 N–H and O–H groups in total. The van der Waals surface area contributed by atoms with Crippen LogP contribution in [0.1, 0.15) is 27.0 Å². The molecule has 1 heterocycles. The van der Waals surface area contributed by atoms with E-state index in [0.717, 1.165) is 11.1 Å². The van der Waals surface area contributed by atoms with Crippen molar-refractivity contribution in [1.29, 1.82) is 0 Å². The molecule has 3 aromatic carbocycles. The van der Waals surface area contributed by atoms with Crippen molar-refractivity contribution in [1.82, 2.24) is 0 Å². The van der Waals surface area contributed by atoms with Crippen LogP contribution in [0.15, 0.2) is 72.5 Å². The second kappa shape index (κ2) is 9.39. The Morgan fingerprint density at radius 3 is 2.59 bits per heavy atom. The maximum absolute atomic E-state index is 12.8. The van der Waals surface area contributed by atoms with Gasteiger partial charge in [0.2, 0.25) is 5.78 Å². The Balaban J connectivity index is 1.42. The van der Waals surface area contributed by atoms with Crippen molar-refractivity contribution in [2.75, 3.05) is 13.7 Å². The summed E-state index contributed by atoms with van der Waals surface area (Å²) in [6.07, 6.45) is 1.67. The van der Waals surface area contributed by atoms with E-state index in [0.29, 0.717) is 28.4 Å². The lowest BCUT2D eigenvalue weighted by Crippen LogP contribution is -2.14. The highest BCUT2D eigenvalue weighted by Gasteiger charge is 2.30. The number of esters is 1. The predicted octanol–water partition coefficient (Wildman–Crippen LogP) is 4.74. The molecular weight excluding hydrogens is 408 g/mol. The zero-order valence-electron chi connectivity index (χ0n) is 17.8. The largest absolute Gasteiger partial charge is 0.497 e. The summed E-state index contributed by atoms with van der Waals surface area (Å²) >= 11 is 0. The number of ether oxygens (including phenoxy) is 4. The fourth-order valence-electron chi connectivity index (χ4n) is 3.37. The van der Waals surface area contributed by atoms with Crippen LogP contribution >= 0.6 is 0 Å². The first-order valence-electron chi connectivity index (χ1n) is 10.1. The first-order chi connectivity index (χ1) is 15.5. The molecule has 0 spiro atoms. The minimum absolute atomic E-state index is 0.183. The van der Waals surface area contributed by atoms with Gasteiger partial charge < -0.3 is 18.9 Å². The van der Waals surface area contributed by atoms with E-state index in [4.69, 9.17) is 18.9 Å². The second-order valence-corrected chi connectivity index (χ2v) is 7.26. The number of benzene rings is 3. The summed E-state index contributed by atoms with van der Waals surface area (Å²) in [5.41, 5.74) is 2.87. The van der Waals surface area contributed by atoms with Crippen molar-refractivity contribution in [3.8, 4) is 17.2 Å². The van der Waals surface area contributed by atoms with Crippen molar-refractivity contribution >= 4 is 17.8 Å². The topological polar surface area (TPSA) is 71.1 Å². The molecule has 0 atom stereocenters. The van der Waals surface area contributed by atoms with Crippen molar-refractivity contribution in [3.63, 3.8) is 0 Å². The van der Waals surface area contributed by atoms with Gasteiger partial charge >= 0.3 is 5.97 Å². The highest BCUT2D eigenvalue weighted by Crippen LogP contribution is 2.37. The number of rotatable bonds is 7. The number of carbonyl (C=O) groups excluding carboxylic acids is 2. The smallest absolute Gasteiger partial charge is 0.344 e. The molecule has 6 nitrogen and oxygen atoms in total. The van der Waals surface area contributed by atoms with Gasteiger partial charge in [-0.05, 0) is 47.9 Å². The number of Topliss-reactive ketones (excluding diaryl/α,β-unsaturated/α-hetero) is 1. The molecule has 162 valence electrons. The molecule has 0 radical (unpaired) electrons. The van der Waals surface area contributed by atoms with Crippen LogP contribution in [0.2, 0.25) is 0 Å². The maximum atomic E-state index is 12.8. The summed E-state index contributed by atoms with van der Waals surface area (Å²) in [4.78, 5) is 24.9. The zero-order valence-corrected chi connectivity index (χ0v) is 17.8. The molecule has 1 aliphatic heterocycles. The van der Waals surface area contributed by atoms with Crippen molar-refractivity contribution in [2.45, 2.75) is 13.5 Å². The van der Waals surface area contributed by atoms with Crippen LogP contribution in [0.25, 0.3) is 6.08 Å². The summed E-state index contributed by atoms with van der Waals surface area (Å²) in [7, 11) is 1.58. The number of ketones is 1. The lowest BCUT2D eigenvalue weighted by molar-refractivity contribution is -0.147. The van der Waals surface area contributed by atoms with Gasteiger partial charge in [0.1, 0.15) is 23.9 Å². The molecule has 0 aliphatic carbocycles. The summed E-state index contributed by atoms with van der Waals surface area (Å²) in [6, 6.07) is 20.1. The van der Waals surface area contributed by atoms with E-state index in [9.17, 15) is 9.59 Å². The maximum Gasteiger partial charge on any atom is 0.344 e. The van der Waals surface area contributed by atoms with E-state index in [1.165, 1.54) is 0 Å². The average Bonchev–Trinajstić information content (AvgIpc) is 3.12. The monoisotopic (exact) mass is 430 g/mol. The van der Waals surface area contributed by atoms with Gasteiger partial charge in [0.15, 0.2) is 12.4 Å². The minimum atomic E-state index is -0.484. The molecule has 0 saturated heterocycles. The molecule has 0 aromatic heterocycles. The number of aryl methyl sites for hydroxylation is 1. The van der Waals surface area contributed by atoms with Gasteiger partial charge in [0.25, 0.3) is 0 Å². The molecule has 0 amide bonds. The van der Waals surface area contributed by atoms with E-state index in [2.05, 4.69) is 0 Å². The number of hydrogen-bond donors (Lipinski definition) is 0. The Kier molecular flexibility index (Phi) is 6.22. The molecule has 4 rings (SSSR count). The van der Waals surface area contributed by atoms with E-state index < -0.39 is 5.97 Å².